The van der Waals surface area contributed by atoms with Crippen LogP contribution in [0.15, 0.2) is 6.20 Å². The average molecular weight is 164 g/mol. The topological polar surface area (TPSA) is 49.3 Å². The molecule has 1 saturated heterocycles. The molecule has 0 aliphatic carbocycles. The molecule has 1 aromatic heterocycles. The third-order valence-electron chi connectivity index (χ3n) is 2.04. The Labute approximate surface area is 70.9 Å². The molecule has 63 valence electrons. The summed E-state index contributed by atoms with van der Waals surface area (Å²) < 4.78 is 0. The molecular weight excluding hydrogens is 154 g/mol. The number of nitrogens with zero attached hydrogens (tertiary/aromatic N) is 3. The van der Waals surface area contributed by atoms with E-state index in [1.165, 1.54) is 19.0 Å². The highest BCUT2D eigenvalue weighted by molar-refractivity contribution is 5.49. The SMILES string of the molecule is Oc1cn[c]nc1N1CCCC1. The second kappa shape index (κ2) is 2.97. The summed E-state index contributed by atoms with van der Waals surface area (Å²) in [5.74, 6) is 0.762. The van der Waals surface area contributed by atoms with Crippen molar-refractivity contribution in [2.75, 3.05) is 18.0 Å². The van der Waals surface area contributed by atoms with Crippen LogP contribution >= 0.6 is 0 Å². The van der Waals surface area contributed by atoms with Crippen molar-refractivity contribution in [3.8, 4) is 5.75 Å². The van der Waals surface area contributed by atoms with Gasteiger partial charge in [0.2, 0.25) is 0 Å². The molecule has 1 fully saturated rings. The van der Waals surface area contributed by atoms with Crippen LogP contribution in [0.1, 0.15) is 12.8 Å². The Morgan fingerprint density at radius 3 is 2.83 bits per heavy atom. The molecule has 0 aromatic carbocycles. The zero-order valence-corrected chi connectivity index (χ0v) is 6.69. The van der Waals surface area contributed by atoms with Gasteiger partial charge in [0, 0.05) is 13.1 Å². The van der Waals surface area contributed by atoms with Crippen LogP contribution in [-0.2, 0) is 0 Å². The molecular formula is C8H10N3O. The summed E-state index contributed by atoms with van der Waals surface area (Å²) in [5, 5.41) is 9.38. The van der Waals surface area contributed by atoms with Gasteiger partial charge < -0.3 is 10.0 Å². The van der Waals surface area contributed by atoms with Crippen LogP contribution in [0.3, 0.4) is 0 Å². The molecule has 1 N–H and O–H groups in total. The van der Waals surface area contributed by atoms with Gasteiger partial charge in [0.15, 0.2) is 17.9 Å². The predicted molar refractivity (Wildman–Crippen MR) is 44.0 cm³/mol. The average Bonchev–Trinajstić information content (AvgIpc) is 2.57. The quantitative estimate of drug-likeness (QED) is 0.659. The van der Waals surface area contributed by atoms with Gasteiger partial charge in [0.05, 0.1) is 6.20 Å². The maximum absolute atomic E-state index is 9.38. The fourth-order valence-electron chi connectivity index (χ4n) is 1.44. The minimum Gasteiger partial charge on any atom is -0.503 e. The first-order valence-electron chi connectivity index (χ1n) is 4.05. The van der Waals surface area contributed by atoms with Gasteiger partial charge in [-0.15, -0.1) is 0 Å². The first-order valence-corrected chi connectivity index (χ1v) is 4.05. The third kappa shape index (κ3) is 1.20. The summed E-state index contributed by atoms with van der Waals surface area (Å²) in [5.41, 5.74) is 0. The maximum atomic E-state index is 9.38. The van der Waals surface area contributed by atoms with Crippen LogP contribution in [0.25, 0.3) is 0 Å². The molecule has 12 heavy (non-hydrogen) atoms. The zero-order chi connectivity index (χ0) is 8.39. The fourth-order valence-corrected chi connectivity index (χ4v) is 1.44. The Morgan fingerprint density at radius 1 is 1.42 bits per heavy atom. The van der Waals surface area contributed by atoms with E-state index in [2.05, 4.69) is 16.3 Å². The lowest BCUT2D eigenvalue weighted by Crippen LogP contribution is -2.19. The third-order valence-corrected chi connectivity index (χ3v) is 2.04. The Balaban J connectivity index is 2.26. The fraction of sp³-hybridized carbons (Fsp3) is 0.500. The Hall–Kier alpha value is -1.32. The highest BCUT2D eigenvalue weighted by atomic mass is 16.3. The lowest BCUT2D eigenvalue weighted by Gasteiger charge is -2.15. The number of aromatic nitrogens is 2. The lowest BCUT2D eigenvalue weighted by molar-refractivity contribution is 0.469. The van der Waals surface area contributed by atoms with Crippen molar-refractivity contribution in [1.82, 2.24) is 9.97 Å². The molecule has 1 radical (unpaired) electrons. The lowest BCUT2D eigenvalue weighted by atomic mass is 10.4. The van der Waals surface area contributed by atoms with Gasteiger partial charge in [-0.1, -0.05) is 0 Å². The molecule has 2 heterocycles. The molecule has 1 aliphatic heterocycles. The number of rotatable bonds is 1. The standard InChI is InChI=1S/C8H10N3O/c12-7-5-9-6-10-8(7)11-3-1-2-4-11/h5,12H,1-4H2. The van der Waals surface area contributed by atoms with E-state index in [0.29, 0.717) is 5.82 Å². The van der Waals surface area contributed by atoms with E-state index in [4.69, 9.17) is 0 Å². The van der Waals surface area contributed by atoms with Crippen molar-refractivity contribution in [1.29, 1.82) is 0 Å². The van der Waals surface area contributed by atoms with E-state index in [1.807, 2.05) is 4.90 Å². The van der Waals surface area contributed by atoms with E-state index in [1.54, 1.807) is 0 Å². The van der Waals surface area contributed by atoms with Crippen LogP contribution in [0, 0.1) is 6.33 Å². The monoisotopic (exact) mass is 164 g/mol. The van der Waals surface area contributed by atoms with Crippen LogP contribution in [0.5, 0.6) is 5.75 Å². The largest absolute Gasteiger partial charge is 0.503 e. The normalized spacial score (nSPS) is 16.8. The zero-order valence-electron chi connectivity index (χ0n) is 6.69. The summed E-state index contributed by atoms with van der Waals surface area (Å²) in [7, 11) is 0. The van der Waals surface area contributed by atoms with Crippen molar-refractivity contribution in [2.45, 2.75) is 12.8 Å². The number of hydrogen-bond acceptors (Lipinski definition) is 4. The van der Waals surface area contributed by atoms with Gasteiger partial charge in [-0.3, -0.25) is 0 Å². The van der Waals surface area contributed by atoms with Gasteiger partial charge in [-0.05, 0) is 12.8 Å². The summed E-state index contributed by atoms with van der Waals surface area (Å²) >= 11 is 0. The van der Waals surface area contributed by atoms with E-state index in [-0.39, 0.29) is 5.75 Å². The van der Waals surface area contributed by atoms with Crippen molar-refractivity contribution in [3.05, 3.63) is 12.5 Å². The van der Waals surface area contributed by atoms with Gasteiger partial charge in [0.1, 0.15) is 0 Å². The van der Waals surface area contributed by atoms with Gasteiger partial charge in [-0.2, -0.15) is 0 Å². The molecule has 0 saturated carbocycles. The van der Waals surface area contributed by atoms with Crippen LogP contribution in [0.2, 0.25) is 0 Å². The summed E-state index contributed by atoms with van der Waals surface area (Å²) in [6.45, 7) is 1.94. The summed E-state index contributed by atoms with van der Waals surface area (Å²) in [6, 6.07) is 0. The molecule has 0 bridgehead atoms. The first kappa shape index (κ1) is 7.34. The molecule has 1 aromatic rings. The highest BCUT2D eigenvalue weighted by Crippen LogP contribution is 2.25. The Kier molecular flexibility index (Phi) is 1.81. The Bertz CT molecular complexity index is 271. The molecule has 4 nitrogen and oxygen atoms in total. The Morgan fingerprint density at radius 2 is 2.17 bits per heavy atom. The van der Waals surface area contributed by atoms with Crippen molar-refractivity contribution >= 4 is 5.82 Å². The maximum Gasteiger partial charge on any atom is 0.200 e. The molecule has 0 spiro atoms. The van der Waals surface area contributed by atoms with Crippen molar-refractivity contribution < 1.29 is 5.11 Å². The number of aromatic hydroxyl groups is 1. The summed E-state index contributed by atoms with van der Waals surface area (Å²) in [6.07, 6.45) is 6.19. The minimum absolute atomic E-state index is 0.149. The minimum atomic E-state index is 0.149. The number of anilines is 1. The molecule has 1 aliphatic rings. The van der Waals surface area contributed by atoms with Crippen LogP contribution in [-0.4, -0.2) is 28.2 Å². The highest BCUT2D eigenvalue weighted by Gasteiger charge is 2.16. The van der Waals surface area contributed by atoms with Crippen LogP contribution < -0.4 is 4.90 Å². The van der Waals surface area contributed by atoms with E-state index in [9.17, 15) is 5.11 Å². The van der Waals surface area contributed by atoms with Crippen molar-refractivity contribution in [3.63, 3.8) is 0 Å². The molecule has 0 atom stereocenters. The van der Waals surface area contributed by atoms with E-state index < -0.39 is 0 Å². The second-order valence-corrected chi connectivity index (χ2v) is 2.87. The first-order chi connectivity index (χ1) is 5.88. The second-order valence-electron chi connectivity index (χ2n) is 2.87. The molecule has 2 rings (SSSR count). The van der Waals surface area contributed by atoms with E-state index >= 15 is 0 Å². The van der Waals surface area contributed by atoms with Gasteiger partial charge >= 0.3 is 0 Å². The molecule has 0 unspecified atom stereocenters. The van der Waals surface area contributed by atoms with E-state index in [0.717, 1.165) is 13.1 Å². The molecule has 0 amide bonds. The predicted octanol–water partition coefficient (Wildman–Crippen LogP) is 0.583. The van der Waals surface area contributed by atoms with Gasteiger partial charge in [-0.25, -0.2) is 9.97 Å². The van der Waals surface area contributed by atoms with Gasteiger partial charge in [0.25, 0.3) is 0 Å². The summed E-state index contributed by atoms with van der Waals surface area (Å²) in [4.78, 5) is 9.55. The number of hydrogen-bond donors (Lipinski definition) is 1. The van der Waals surface area contributed by atoms with Crippen molar-refractivity contribution in [2.24, 2.45) is 0 Å². The van der Waals surface area contributed by atoms with Crippen LogP contribution in [0.4, 0.5) is 5.82 Å². The smallest absolute Gasteiger partial charge is 0.200 e. The molecule has 4 heteroatoms.